The zero-order valence-electron chi connectivity index (χ0n) is 14.2. The molecule has 25 heavy (non-hydrogen) atoms. The van der Waals surface area contributed by atoms with Gasteiger partial charge in [-0.3, -0.25) is 15.5 Å². The predicted octanol–water partition coefficient (Wildman–Crippen LogP) is 0.115. The van der Waals surface area contributed by atoms with Gasteiger partial charge in [0, 0.05) is 17.8 Å². The highest BCUT2D eigenvalue weighted by Gasteiger charge is 2.37. The Balaban J connectivity index is 1.55. The highest BCUT2D eigenvalue weighted by atomic mass is 16.2. The molecule has 2 fully saturated rings. The Morgan fingerprint density at radius 2 is 2.08 bits per heavy atom. The minimum Gasteiger partial charge on any atom is -0.339 e. The summed E-state index contributed by atoms with van der Waals surface area (Å²) < 4.78 is 1.93. The Morgan fingerprint density at radius 1 is 1.28 bits per heavy atom. The number of benzene rings is 1. The molecule has 2 aliphatic heterocycles. The number of rotatable bonds is 3. The van der Waals surface area contributed by atoms with Crippen molar-refractivity contribution >= 4 is 11.9 Å². The Bertz CT molecular complexity index is 827. The van der Waals surface area contributed by atoms with Crippen LogP contribution in [0.25, 0.3) is 5.69 Å². The van der Waals surface area contributed by atoms with Crippen molar-refractivity contribution < 1.29 is 4.79 Å². The number of nitrogens with one attached hydrogen (secondary N) is 4. The third-order valence-electron chi connectivity index (χ3n) is 4.69. The molecule has 0 saturated carbocycles. The molecule has 2 atom stereocenters. The van der Waals surface area contributed by atoms with Crippen molar-refractivity contribution in [1.29, 1.82) is 0 Å². The fourth-order valence-electron chi connectivity index (χ4n) is 3.24. The van der Waals surface area contributed by atoms with Gasteiger partial charge in [0.15, 0.2) is 5.96 Å². The van der Waals surface area contributed by atoms with Crippen LogP contribution in [0.5, 0.6) is 0 Å². The molecule has 0 aliphatic carbocycles. The van der Waals surface area contributed by atoms with E-state index in [1.807, 2.05) is 48.9 Å². The zero-order chi connectivity index (χ0) is 17.4. The monoisotopic (exact) mass is 339 g/mol. The van der Waals surface area contributed by atoms with E-state index in [2.05, 4.69) is 31.6 Å². The maximum Gasteiger partial charge on any atom is 0.234 e. The minimum atomic E-state index is -0.123. The number of aliphatic imine (C=N–C) groups is 1. The lowest BCUT2D eigenvalue weighted by atomic mass is 10.1. The number of carbonyl (C=O) groups excluding carboxylic acids is 1. The number of hydrazine groups is 1. The van der Waals surface area contributed by atoms with E-state index in [1.165, 1.54) is 0 Å². The lowest BCUT2D eigenvalue weighted by Gasteiger charge is -2.27. The topological polar surface area (TPSA) is 95.4 Å². The molecule has 8 nitrogen and oxygen atoms in total. The Morgan fingerprint density at radius 3 is 2.88 bits per heavy atom. The van der Waals surface area contributed by atoms with Crippen molar-refractivity contribution in [1.82, 2.24) is 31.3 Å². The smallest absolute Gasteiger partial charge is 0.234 e. The fraction of sp³-hybridized carbons (Fsp3) is 0.353. The molecular formula is C17H21N7O. The van der Waals surface area contributed by atoms with E-state index in [4.69, 9.17) is 0 Å². The Kier molecular flexibility index (Phi) is 3.98. The van der Waals surface area contributed by atoms with Crippen LogP contribution in [-0.4, -0.2) is 34.4 Å². The highest BCUT2D eigenvalue weighted by Crippen LogP contribution is 2.19. The summed E-state index contributed by atoms with van der Waals surface area (Å²) >= 11 is 0. The normalized spacial score (nSPS) is 24.1. The van der Waals surface area contributed by atoms with Gasteiger partial charge in [-0.2, -0.15) is 5.10 Å². The summed E-state index contributed by atoms with van der Waals surface area (Å²) in [6, 6.07) is 10.0. The van der Waals surface area contributed by atoms with E-state index < -0.39 is 0 Å². The van der Waals surface area contributed by atoms with E-state index in [0.717, 1.165) is 22.6 Å². The quantitative estimate of drug-likeness (QED) is 0.637. The molecule has 0 bridgehead atoms. The Labute approximate surface area is 145 Å². The first kappa shape index (κ1) is 15.8. The highest BCUT2D eigenvalue weighted by molar-refractivity contribution is 6.01. The summed E-state index contributed by atoms with van der Waals surface area (Å²) in [5.74, 6) is 0.352. The average Bonchev–Trinajstić information content (AvgIpc) is 3.19. The van der Waals surface area contributed by atoms with Crippen LogP contribution in [0.2, 0.25) is 0 Å². The second-order valence-electron chi connectivity index (χ2n) is 6.30. The number of para-hydroxylation sites is 1. The van der Waals surface area contributed by atoms with Crippen LogP contribution in [0.1, 0.15) is 17.0 Å². The molecule has 4 N–H and O–H groups in total. The van der Waals surface area contributed by atoms with Gasteiger partial charge < -0.3 is 5.32 Å². The van der Waals surface area contributed by atoms with Crippen LogP contribution in [0.15, 0.2) is 35.3 Å². The Hall–Kier alpha value is -2.71. The van der Waals surface area contributed by atoms with Gasteiger partial charge in [0.05, 0.1) is 23.8 Å². The number of fused-ring (bicyclic) bond motifs is 1. The van der Waals surface area contributed by atoms with Crippen molar-refractivity contribution in [2.24, 2.45) is 10.9 Å². The number of carbonyl (C=O) groups is 1. The van der Waals surface area contributed by atoms with Crippen LogP contribution in [-0.2, 0) is 11.3 Å². The van der Waals surface area contributed by atoms with Gasteiger partial charge in [-0.1, -0.05) is 18.2 Å². The van der Waals surface area contributed by atoms with Gasteiger partial charge in [0.25, 0.3) is 0 Å². The summed E-state index contributed by atoms with van der Waals surface area (Å²) in [5, 5.41) is 10.7. The van der Waals surface area contributed by atoms with Crippen LogP contribution >= 0.6 is 0 Å². The van der Waals surface area contributed by atoms with Crippen molar-refractivity contribution in [3.8, 4) is 5.69 Å². The summed E-state index contributed by atoms with van der Waals surface area (Å²) in [7, 11) is 0. The van der Waals surface area contributed by atoms with Gasteiger partial charge in [-0.15, -0.1) is 0 Å². The number of amides is 1. The van der Waals surface area contributed by atoms with E-state index in [1.54, 1.807) is 0 Å². The number of guanidine groups is 1. The van der Waals surface area contributed by atoms with Crippen LogP contribution in [0.4, 0.5) is 0 Å². The van der Waals surface area contributed by atoms with Crippen LogP contribution in [0, 0.1) is 19.8 Å². The van der Waals surface area contributed by atoms with Gasteiger partial charge in [0.2, 0.25) is 5.91 Å². The maximum absolute atomic E-state index is 12.1. The maximum atomic E-state index is 12.1. The lowest BCUT2D eigenvalue weighted by Crippen LogP contribution is -2.61. The molecule has 130 valence electrons. The fourth-order valence-corrected chi connectivity index (χ4v) is 3.24. The molecule has 2 aliphatic rings. The average molecular weight is 339 g/mol. The molecule has 2 unspecified atom stereocenters. The first-order valence-electron chi connectivity index (χ1n) is 8.34. The molecule has 1 aromatic carbocycles. The first-order valence-corrected chi connectivity index (χ1v) is 8.34. The number of aromatic nitrogens is 2. The standard InChI is InChI=1S/C17H21N7O/c1-10-13(11(2)24(23-10)12-6-4-3-5-7-12)8-18-17-20-15-14(9-19-22-15)16(25)21-17/h3-7,14-15,19,22H,8-9H2,1-2H3,(H2,18,20,21,25). The van der Waals surface area contributed by atoms with Crippen LogP contribution < -0.4 is 21.5 Å². The molecule has 4 rings (SSSR count). The summed E-state index contributed by atoms with van der Waals surface area (Å²) in [6.07, 6.45) is -0.123. The molecule has 1 amide bonds. The van der Waals surface area contributed by atoms with Gasteiger partial charge in [-0.25, -0.2) is 15.1 Å². The van der Waals surface area contributed by atoms with Gasteiger partial charge in [-0.05, 0) is 26.0 Å². The second-order valence-corrected chi connectivity index (χ2v) is 6.30. The third-order valence-corrected chi connectivity index (χ3v) is 4.69. The van der Waals surface area contributed by atoms with Crippen molar-refractivity contribution in [3.05, 3.63) is 47.3 Å². The minimum absolute atomic E-state index is 0.0200. The summed E-state index contributed by atoms with van der Waals surface area (Å²) in [5.41, 5.74) is 10.1. The number of nitrogens with zero attached hydrogens (tertiary/aromatic N) is 3. The van der Waals surface area contributed by atoms with Gasteiger partial charge >= 0.3 is 0 Å². The predicted molar refractivity (Wildman–Crippen MR) is 93.9 cm³/mol. The lowest BCUT2D eigenvalue weighted by molar-refractivity contribution is -0.124. The molecule has 2 saturated heterocycles. The number of hydrogen-bond acceptors (Lipinski definition) is 5. The first-order chi connectivity index (χ1) is 12.1. The van der Waals surface area contributed by atoms with E-state index in [-0.39, 0.29) is 18.0 Å². The number of aryl methyl sites for hydroxylation is 1. The van der Waals surface area contributed by atoms with Crippen LogP contribution in [0.3, 0.4) is 0 Å². The molecule has 3 heterocycles. The van der Waals surface area contributed by atoms with E-state index in [0.29, 0.717) is 19.0 Å². The molecule has 1 aromatic heterocycles. The summed E-state index contributed by atoms with van der Waals surface area (Å²) in [4.78, 5) is 16.6. The molecule has 2 aromatic rings. The SMILES string of the molecule is Cc1nn(-c2ccccc2)c(C)c1CN=C1NC(=O)C2CNNC2N1. The molecule has 0 spiro atoms. The third kappa shape index (κ3) is 2.90. The largest absolute Gasteiger partial charge is 0.339 e. The van der Waals surface area contributed by atoms with Crippen molar-refractivity contribution in [3.63, 3.8) is 0 Å². The number of hydrogen-bond donors (Lipinski definition) is 4. The zero-order valence-corrected chi connectivity index (χ0v) is 14.2. The van der Waals surface area contributed by atoms with Gasteiger partial charge in [0.1, 0.15) is 6.17 Å². The molecule has 8 heteroatoms. The van der Waals surface area contributed by atoms with Crippen molar-refractivity contribution in [2.45, 2.75) is 26.6 Å². The van der Waals surface area contributed by atoms with E-state index >= 15 is 0 Å². The second kappa shape index (κ2) is 6.30. The van der Waals surface area contributed by atoms with E-state index in [9.17, 15) is 4.79 Å². The molecular weight excluding hydrogens is 318 g/mol. The van der Waals surface area contributed by atoms with Crippen molar-refractivity contribution in [2.75, 3.05) is 6.54 Å². The summed E-state index contributed by atoms with van der Waals surface area (Å²) in [6.45, 7) is 5.08. The molecule has 0 radical (unpaired) electrons.